The van der Waals surface area contributed by atoms with Crippen molar-refractivity contribution in [3.8, 4) is 11.5 Å². The Balaban J connectivity index is 1.82. The Morgan fingerprint density at radius 2 is 2.00 bits per heavy atom. The number of benzene rings is 1. The molecule has 0 fully saturated rings. The zero-order valence-corrected chi connectivity index (χ0v) is 12.4. The number of hydrogen-bond acceptors (Lipinski definition) is 4. The van der Waals surface area contributed by atoms with Gasteiger partial charge in [0.2, 0.25) is 6.79 Å². The molecule has 0 atom stereocenters. The highest BCUT2D eigenvalue weighted by molar-refractivity contribution is 9.10. The highest BCUT2D eigenvalue weighted by Crippen LogP contribution is 2.36. The van der Waals surface area contributed by atoms with Gasteiger partial charge in [0.15, 0.2) is 11.5 Å². The van der Waals surface area contributed by atoms with Gasteiger partial charge < -0.3 is 19.7 Å². The second-order valence-corrected chi connectivity index (χ2v) is 5.48. The van der Waals surface area contributed by atoms with Crippen LogP contribution in [0.25, 0.3) is 0 Å². The van der Waals surface area contributed by atoms with Crippen molar-refractivity contribution in [3.05, 3.63) is 22.2 Å². The number of ether oxygens (including phenoxy) is 2. The summed E-state index contributed by atoms with van der Waals surface area (Å²) in [5.41, 5.74) is 1.20. The molecular formula is C13H19BrN2O2. The molecule has 0 spiro atoms. The quantitative estimate of drug-likeness (QED) is 0.816. The molecule has 1 aliphatic rings. The highest BCUT2D eigenvalue weighted by atomic mass is 79.9. The molecule has 5 heteroatoms. The Hall–Kier alpha value is -0.780. The van der Waals surface area contributed by atoms with Gasteiger partial charge in [0, 0.05) is 11.0 Å². The molecule has 1 heterocycles. The number of hydrogen-bond donors (Lipinski definition) is 1. The third-order valence-electron chi connectivity index (χ3n) is 2.82. The number of nitrogens with zero attached hydrogens (tertiary/aromatic N) is 1. The number of fused-ring (bicyclic) bond motifs is 1. The number of nitrogens with one attached hydrogen (secondary N) is 1. The van der Waals surface area contributed by atoms with Crippen molar-refractivity contribution < 1.29 is 9.47 Å². The second kappa shape index (κ2) is 6.41. The van der Waals surface area contributed by atoms with E-state index in [0.29, 0.717) is 6.79 Å². The van der Waals surface area contributed by atoms with Crippen LogP contribution in [-0.2, 0) is 6.54 Å². The summed E-state index contributed by atoms with van der Waals surface area (Å²) in [6.45, 7) is 3.28. The minimum absolute atomic E-state index is 0.321. The summed E-state index contributed by atoms with van der Waals surface area (Å²) >= 11 is 3.56. The van der Waals surface area contributed by atoms with Gasteiger partial charge in [-0.3, -0.25) is 0 Å². The maximum atomic E-state index is 5.38. The maximum absolute atomic E-state index is 5.38. The first-order chi connectivity index (χ1) is 8.66. The van der Waals surface area contributed by atoms with Crippen molar-refractivity contribution in [2.75, 3.05) is 34.0 Å². The van der Waals surface area contributed by atoms with E-state index in [9.17, 15) is 0 Å². The Kier molecular flexibility index (Phi) is 4.86. The van der Waals surface area contributed by atoms with Crippen LogP contribution in [0.5, 0.6) is 11.5 Å². The van der Waals surface area contributed by atoms with Crippen LogP contribution in [0.1, 0.15) is 12.0 Å². The van der Waals surface area contributed by atoms with Crippen molar-refractivity contribution in [3.63, 3.8) is 0 Å². The Morgan fingerprint density at radius 3 is 2.72 bits per heavy atom. The normalized spacial score (nSPS) is 13.3. The van der Waals surface area contributed by atoms with E-state index >= 15 is 0 Å². The van der Waals surface area contributed by atoms with Crippen LogP contribution < -0.4 is 14.8 Å². The van der Waals surface area contributed by atoms with Crippen molar-refractivity contribution in [2.45, 2.75) is 13.0 Å². The van der Waals surface area contributed by atoms with E-state index < -0.39 is 0 Å². The zero-order valence-electron chi connectivity index (χ0n) is 10.8. The van der Waals surface area contributed by atoms with Crippen LogP contribution in [-0.4, -0.2) is 38.9 Å². The molecule has 0 unspecified atom stereocenters. The minimum Gasteiger partial charge on any atom is -0.454 e. The van der Waals surface area contributed by atoms with Crippen molar-refractivity contribution in [2.24, 2.45) is 0 Å². The molecule has 0 bridgehead atoms. The molecule has 1 aromatic rings. The minimum atomic E-state index is 0.321. The fraction of sp³-hybridized carbons (Fsp3) is 0.538. The van der Waals surface area contributed by atoms with E-state index in [1.165, 1.54) is 5.56 Å². The molecule has 0 radical (unpaired) electrons. The van der Waals surface area contributed by atoms with Crippen LogP contribution in [0.2, 0.25) is 0 Å². The van der Waals surface area contributed by atoms with Gasteiger partial charge in [-0.05, 0) is 51.3 Å². The first kappa shape index (κ1) is 13.6. The molecule has 0 amide bonds. The Bertz CT molecular complexity index is 410. The first-order valence-corrected chi connectivity index (χ1v) is 6.89. The predicted octanol–water partition coefficient (Wildman–Crippen LogP) is 2.22. The van der Waals surface area contributed by atoms with Crippen LogP contribution in [0.15, 0.2) is 16.6 Å². The van der Waals surface area contributed by atoms with Gasteiger partial charge in [-0.15, -0.1) is 0 Å². The van der Waals surface area contributed by atoms with Crippen molar-refractivity contribution in [1.82, 2.24) is 10.2 Å². The summed E-state index contributed by atoms with van der Waals surface area (Å²) < 4.78 is 11.8. The molecule has 1 N–H and O–H groups in total. The molecule has 0 saturated heterocycles. The molecule has 1 aliphatic heterocycles. The van der Waals surface area contributed by atoms with E-state index in [2.05, 4.69) is 40.2 Å². The second-order valence-electron chi connectivity index (χ2n) is 4.63. The lowest BCUT2D eigenvalue weighted by Crippen LogP contribution is -2.21. The van der Waals surface area contributed by atoms with Gasteiger partial charge >= 0.3 is 0 Å². The van der Waals surface area contributed by atoms with E-state index in [-0.39, 0.29) is 0 Å². The molecule has 2 rings (SSSR count). The summed E-state index contributed by atoms with van der Waals surface area (Å²) in [5, 5.41) is 3.44. The Morgan fingerprint density at radius 1 is 1.28 bits per heavy atom. The lowest BCUT2D eigenvalue weighted by Gasteiger charge is -2.11. The molecule has 4 nitrogen and oxygen atoms in total. The number of rotatable bonds is 6. The van der Waals surface area contributed by atoms with E-state index in [4.69, 9.17) is 9.47 Å². The van der Waals surface area contributed by atoms with Gasteiger partial charge in [0.05, 0.1) is 0 Å². The maximum Gasteiger partial charge on any atom is 0.231 e. The van der Waals surface area contributed by atoms with Crippen LogP contribution in [0.3, 0.4) is 0 Å². The summed E-state index contributed by atoms with van der Waals surface area (Å²) in [4.78, 5) is 2.19. The van der Waals surface area contributed by atoms with E-state index in [0.717, 1.165) is 42.0 Å². The Labute approximate surface area is 116 Å². The largest absolute Gasteiger partial charge is 0.454 e. The van der Waals surface area contributed by atoms with Gasteiger partial charge in [-0.2, -0.15) is 0 Å². The van der Waals surface area contributed by atoms with Crippen LogP contribution >= 0.6 is 15.9 Å². The summed E-state index contributed by atoms with van der Waals surface area (Å²) in [5.74, 6) is 1.65. The zero-order chi connectivity index (χ0) is 13.0. The lowest BCUT2D eigenvalue weighted by atomic mass is 10.2. The summed E-state index contributed by atoms with van der Waals surface area (Å²) in [6, 6.07) is 4.00. The van der Waals surface area contributed by atoms with Gasteiger partial charge in [0.25, 0.3) is 0 Å². The average Bonchev–Trinajstić information content (AvgIpc) is 2.75. The van der Waals surface area contributed by atoms with E-state index in [1.807, 2.05) is 12.1 Å². The summed E-state index contributed by atoms with van der Waals surface area (Å²) in [7, 11) is 4.18. The van der Waals surface area contributed by atoms with Crippen molar-refractivity contribution >= 4 is 15.9 Å². The first-order valence-electron chi connectivity index (χ1n) is 6.10. The van der Waals surface area contributed by atoms with Gasteiger partial charge in [-0.25, -0.2) is 0 Å². The van der Waals surface area contributed by atoms with Crippen LogP contribution in [0.4, 0.5) is 0 Å². The highest BCUT2D eigenvalue weighted by Gasteiger charge is 2.15. The monoisotopic (exact) mass is 314 g/mol. The lowest BCUT2D eigenvalue weighted by molar-refractivity contribution is 0.174. The molecule has 1 aromatic carbocycles. The third kappa shape index (κ3) is 3.60. The molecule has 100 valence electrons. The SMILES string of the molecule is CN(C)CCCNCc1cc2c(cc1Br)OCO2. The molecule has 0 aromatic heterocycles. The molecule has 0 saturated carbocycles. The molecular weight excluding hydrogens is 296 g/mol. The fourth-order valence-corrected chi connectivity index (χ4v) is 2.30. The standard InChI is InChI=1S/C13H19BrN2O2/c1-16(2)5-3-4-15-8-10-6-12-13(7-11(10)14)18-9-17-12/h6-7,15H,3-5,8-9H2,1-2H3. The van der Waals surface area contributed by atoms with Crippen LogP contribution in [0, 0.1) is 0 Å². The number of halogens is 1. The van der Waals surface area contributed by atoms with Gasteiger partial charge in [-0.1, -0.05) is 15.9 Å². The molecule has 0 aliphatic carbocycles. The molecule has 18 heavy (non-hydrogen) atoms. The third-order valence-corrected chi connectivity index (χ3v) is 3.55. The van der Waals surface area contributed by atoms with Crippen molar-refractivity contribution in [1.29, 1.82) is 0 Å². The topological polar surface area (TPSA) is 33.7 Å². The smallest absolute Gasteiger partial charge is 0.231 e. The fourth-order valence-electron chi connectivity index (χ4n) is 1.84. The predicted molar refractivity (Wildman–Crippen MR) is 75.1 cm³/mol. The summed E-state index contributed by atoms with van der Waals surface area (Å²) in [6.07, 6.45) is 1.15. The van der Waals surface area contributed by atoms with Gasteiger partial charge in [0.1, 0.15) is 0 Å². The van der Waals surface area contributed by atoms with E-state index in [1.54, 1.807) is 0 Å². The average molecular weight is 315 g/mol.